The van der Waals surface area contributed by atoms with Crippen molar-refractivity contribution in [3.05, 3.63) is 0 Å². The van der Waals surface area contributed by atoms with E-state index in [0.717, 1.165) is 32.2 Å². The Morgan fingerprint density at radius 1 is 1.25 bits per heavy atom. The van der Waals surface area contributed by atoms with Gasteiger partial charge in [0.2, 0.25) is 0 Å². The lowest BCUT2D eigenvalue weighted by Gasteiger charge is -2.39. The quantitative estimate of drug-likeness (QED) is 0.747. The van der Waals surface area contributed by atoms with Gasteiger partial charge in [-0.15, -0.1) is 0 Å². The van der Waals surface area contributed by atoms with Crippen LogP contribution in [-0.4, -0.2) is 51.8 Å². The minimum atomic E-state index is 0.427. The Morgan fingerprint density at radius 3 is 2.38 bits per heavy atom. The van der Waals surface area contributed by atoms with Gasteiger partial charge in [0, 0.05) is 26.3 Å². The van der Waals surface area contributed by atoms with E-state index in [1.807, 2.05) is 0 Å². The summed E-state index contributed by atoms with van der Waals surface area (Å²) in [7, 11) is 4.33. The van der Waals surface area contributed by atoms with E-state index >= 15 is 0 Å². The smallest absolute Gasteiger partial charge is 0.0472 e. The Bertz CT molecular complexity index is 186. The van der Waals surface area contributed by atoms with Gasteiger partial charge in [-0.05, 0) is 44.8 Å². The average molecular weight is 228 g/mol. The molecule has 0 amide bonds. The Kier molecular flexibility index (Phi) is 5.73. The first-order valence-electron chi connectivity index (χ1n) is 6.47. The zero-order chi connectivity index (χ0) is 12.0. The maximum Gasteiger partial charge on any atom is 0.0472 e. The highest BCUT2D eigenvalue weighted by Gasteiger charge is 2.32. The molecule has 1 aliphatic rings. The molecule has 1 N–H and O–H groups in total. The summed E-state index contributed by atoms with van der Waals surface area (Å²) in [6.07, 6.45) is 2.38. The van der Waals surface area contributed by atoms with Crippen molar-refractivity contribution >= 4 is 0 Å². The van der Waals surface area contributed by atoms with Crippen LogP contribution in [0.1, 0.15) is 26.7 Å². The van der Waals surface area contributed by atoms with Crippen LogP contribution < -0.4 is 5.32 Å². The number of hydrogen-bond donors (Lipinski definition) is 1. The van der Waals surface area contributed by atoms with Crippen molar-refractivity contribution in [2.45, 2.75) is 26.7 Å². The second-order valence-corrected chi connectivity index (χ2v) is 5.87. The van der Waals surface area contributed by atoms with Crippen LogP contribution in [0.15, 0.2) is 0 Å². The van der Waals surface area contributed by atoms with E-state index in [4.69, 9.17) is 4.74 Å². The highest BCUT2D eigenvalue weighted by Crippen LogP contribution is 2.30. The van der Waals surface area contributed by atoms with Gasteiger partial charge in [0.05, 0.1) is 0 Å². The largest absolute Gasteiger partial charge is 0.381 e. The molecule has 1 rings (SSSR count). The molecule has 0 aromatic carbocycles. The lowest BCUT2D eigenvalue weighted by Crippen LogP contribution is -2.46. The maximum atomic E-state index is 5.49. The Morgan fingerprint density at radius 2 is 1.88 bits per heavy atom. The molecule has 1 fully saturated rings. The third-order valence-corrected chi connectivity index (χ3v) is 3.26. The third-order valence-electron chi connectivity index (χ3n) is 3.26. The maximum absolute atomic E-state index is 5.49. The second-order valence-electron chi connectivity index (χ2n) is 5.87. The molecule has 0 aliphatic carbocycles. The van der Waals surface area contributed by atoms with E-state index in [-0.39, 0.29) is 0 Å². The van der Waals surface area contributed by atoms with E-state index in [0.29, 0.717) is 5.41 Å². The molecule has 16 heavy (non-hydrogen) atoms. The summed E-state index contributed by atoms with van der Waals surface area (Å²) < 4.78 is 5.49. The average Bonchev–Trinajstić information content (AvgIpc) is 2.17. The summed E-state index contributed by atoms with van der Waals surface area (Å²) >= 11 is 0. The molecule has 1 aliphatic heterocycles. The summed E-state index contributed by atoms with van der Waals surface area (Å²) in [4.78, 5) is 2.31. The minimum Gasteiger partial charge on any atom is -0.381 e. The monoisotopic (exact) mass is 228 g/mol. The van der Waals surface area contributed by atoms with Crippen molar-refractivity contribution in [3.63, 3.8) is 0 Å². The van der Waals surface area contributed by atoms with Gasteiger partial charge in [-0.1, -0.05) is 13.8 Å². The van der Waals surface area contributed by atoms with Gasteiger partial charge in [0.1, 0.15) is 0 Å². The van der Waals surface area contributed by atoms with Crippen molar-refractivity contribution in [1.29, 1.82) is 0 Å². The van der Waals surface area contributed by atoms with Gasteiger partial charge in [-0.2, -0.15) is 0 Å². The zero-order valence-electron chi connectivity index (χ0n) is 11.4. The Balaban J connectivity index is 2.42. The van der Waals surface area contributed by atoms with Crippen molar-refractivity contribution in [1.82, 2.24) is 10.2 Å². The van der Waals surface area contributed by atoms with Crippen molar-refractivity contribution < 1.29 is 4.74 Å². The highest BCUT2D eigenvalue weighted by atomic mass is 16.5. The van der Waals surface area contributed by atoms with Crippen LogP contribution in [0.2, 0.25) is 0 Å². The molecule has 1 heterocycles. The fraction of sp³-hybridized carbons (Fsp3) is 1.00. The van der Waals surface area contributed by atoms with E-state index in [2.05, 4.69) is 38.2 Å². The third kappa shape index (κ3) is 4.81. The number of nitrogens with one attached hydrogen (secondary N) is 1. The molecule has 3 nitrogen and oxygen atoms in total. The summed E-state index contributed by atoms with van der Waals surface area (Å²) in [6, 6.07) is 0. The van der Waals surface area contributed by atoms with Crippen LogP contribution in [0.4, 0.5) is 0 Å². The summed E-state index contributed by atoms with van der Waals surface area (Å²) in [6.45, 7) is 9.80. The van der Waals surface area contributed by atoms with Crippen LogP contribution in [0.25, 0.3) is 0 Å². The molecule has 0 aromatic rings. The van der Waals surface area contributed by atoms with Gasteiger partial charge >= 0.3 is 0 Å². The Labute approximate surface area is 101 Å². The van der Waals surface area contributed by atoms with E-state index in [9.17, 15) is 0 Å². The lowest BCUT2D eigenvalue weighted by atomic mass is 9.79. The SMILES string of the molecule is CC(C)CNCC1(CN(C)C)CCOCC1. The van der Waals surface area contributed by atoms with Crippen LogP contribution in [-0.2, 0) is 4.74 Å². The fourth-order valence-corrected chi connectivity index (χ4v) is 2.49. The molecule has 0 spiro atoms. The molecule has 0 atom stereocenters. The van der Waals surface area contributed by atoms with Gasteiger partial charge in [0.25, 0.3) is 0 Å². The number of ether oxygens (including phenoxy) is 1. The molecule has 96 valence electrons. The van der Waals surface area contributed by atoms with Crippen molar-refractivity contribution in [2.75, 3.05) is 46.9 Å². The summed E-state index contributed by atoms with van der Waals surface area (Å²) in [5, 5.41) is 3.62. The summed E-state index contributed by atoms with van der Waals surface area (Å²) in [5.74, 6) is 0.733. The van der Waals surface area contributed by atoms with Gasteiger partial charge in [-0.25, -0.2) is 0 Å². The standard InChI is InChI=1S/C13H28N2O/c1-12(2)9-14-10-13(11-15(3)4)5-7-16-8-6-13/h12,14H,5-11H2,1-4H3. The minimum absolute atomic E-state index is 0.427. The molecule has 0 aromatic heterocycles. The second kappa shape index (κ2) is 6.58. The number of hydrogen-bond acceptors (Lipinski definition) is 3. The zero-order valence-corrected chi connectivity index (χ0v) is 11.4. The van der Waals surface area contributed by atoms with Crippen LogP contribution in [0.5, 0.6) is 0 Å². The predicted molar refractivity (Wildman–Crippen MR) is 68.7 cm³/mol. The first kappa shape index (κ1) is 13.9. The van der Waals surface area contributed by atoms with E-state index < -0.39 is 0 Å². The normalized spacial score (nSPS) is 20.6. The Hall–Kier alpha value is -0.120. The molecule has 0 bridgehead atoms. The molecule has 0 saturated carbocycles. The molecule has 3 heteroatoms. The predicted octanol–water partition coefficient (Wildman–Crippen LogP) is 1.59. The molecule has 0 radical (unpaired) electrons. The van der Waals surface area contributed by atoms with Crippen molar-refractivity contribution in [3.8, 4) is 0 Å². The molecular formula is C13H28N2O. The fourth-order valence-electron chi connectivity index (χ4n) is 2.49. The van der Waals surface area contributed by atoms with E-state index in [1.165, 1.54) is 19.4 Å². The van der Waals surface area contributed by atoms with Crippen LogP contribution in [0.3, 0.4) is 0 Å². The molecule has 0 unspecified atom stereocenters. The number of nitrogens with zero attached hydrogens (tertiary/aromatic N) is 1. The summed E-state index contributed by atoms with van der Waals surface area (Å²) in [5.41, 5.74) is 0.427. The van der Waals surface area contributed by atoms with Gasteiger partial charge in [0.15, 0.2) is 0 Å². The van der Waals surface area contributed by atoms with Crippen molar-refractivity contribution in [2.24, 2.45) is 11.3 Å². The van der Waals surface area contributed by atoms with E-state index in [1.54, 1.807) is 0 Å². The van der Waals surface area contributed by atoms with Gasteiger partial charge < -0.3 is 15.0 Å². The highest BCUT2D eigenvalue weighted by molar-refractivity contribution is 4.86. The topological polar surface area (TPSA) is 24.5 Å². The molecule has 1 saturated heterocycles. The van der Waals surface area contributed by atoms with Crippen LogP contribution in [0, 0.1) is 11.3 Å². The van der Waals surface area contributed by atoms with Gasteiger partial charge in [-0.3, -0.25) is 0 Å². The molecular weight excluding hydrogens is 200 g/mol. The first-order valence-corrected chi connectivity index (χ1v) is 6.47. The number of rotatable bonds is 6. The van der Waals surface area contributed by atoms with Crippen LogP contribution >= 0.6 is 0 Å². The first-order chi connectivity index (χ1) is 7.54. The lowest BCUT2D eigenvalue weighted by molar-refractivity contribution is 0.00240.